The number of nitrogens with zero attached hydrogens (tertiary/aromatic N) is 1. The molecule has 0 bridgehead atoms. The Morgan fingerprint density at radius 2 is 1.96 bits per heavy atom. The summed E-state index contributed by atoms with van der Waals surface area (Å²) in [4.78, 5) is 17.0. The Hall–Kier alpha value is -2.46. The third-order valence-electron chi connectivity index (χ3n) is 4.19. The second kappa shape index (κ2) is 7.62. The lowest BCUT2D eigenvalue weighted by Crippen LogP contribution is -2.28. The van der Waals surface area contributed by atoms with E-state index in [0.717, 1.165) is 21.8 Å². The molecule has 0 aliphatic heterocycles. The number of aromatic nitrogens is 1. The summed E-state index contributed by atoms with van der Waals surface area (Å²) in [7, 11) is 0. The van der Waals surface area contributed by atoms with Crippen LogP contribution in [0.3, 0.4) is 0 Å². The minimum Gasteiger partial charge on any atom is -0.349 e. The molecule has 3 aromatic rings. The van der Waals surface area contributed by atoms with Gasteiger partial charge in [0.15, 0.2) is 0 Å². The minimum absolute atomic E-state index is 0.00292. The molecule has 128 valence electrons. The summed E-state index contributed by atoms with van der Waals surface area (Å²) in [6.45, 7) is 6.14. The van der Waals surface area contributed by atoms with E-state index < -0.39 is 0 Å². The second-order valence-electron chi connectivity index (χ2n) is 6.34. The Morgan fingerprint density at radius 3 is 2.72 bits per heavy atom. The number of nitrogens with one attached hydrogen (secondary N) is 1. The van der Waals surface area contributed by atoms with E-state index in [0.29, 0.717) is 6.42 Å². The highest BCUT2D eigenvalue weighted by Crippen LogP contribution is 2.25. The summed E-state index contributed by atoms with van der Waals surface area (Å²) in [6, 6.07) is 16.4. The molecule has 4 heteroatoms. The average molecular weight is 350 g/mol. The Labute approximate surface area is 152 Å². The molecular weight excluding hydrogens is 328 g/mol. The molecule has 2 aromatic carbocycles. The molecule has 1 unspecified atom stereocenters. The zero-order chi connectivity index (χ0) is 17.8. The van der Waals surface area contributed by atoms with E-state index in [4.69, 9.17) is 0 Å². The van der Waals surface area contributed by atoms with Crippen LogP contribution >= 0.6 is 11.3 Å². The Morgan fingerprint density at radius 1 is 1.16 bits per heavy atom. The molecule has 0 saturated carbocycles. The lowest BCUT2D eigenvalue weighted by molar-refractivity contribution is -0.121. The van der Waals surface area contributed by atoms with E-state index in [9.17, 15) is 4.79 Å². The van der Waals surface area contributed by atoms with Gasteiger partial charge in [-0.15, -0.1) is 11.3 Å². The van der Waals surface area contributed by atoms with Gasteiger partial charge >= 0.3 is 0 Å². The van der Waals surface area contributed by atoms with Gasteiger partial charge in [-0.3, -0.25) is 4.79 Å². The SMILES string of the molecule is Cc1cccc(-c2nc(CC(=O)NC(C)c3ccccc3C)cs2)c1. The number of thiazole rings is 1. The van der Waals surface area contributed by atoms with Crippen molar-refractivity contribution in [1.82, 2.24) is 10.3 Å². The van der Waals surface area contributed by atoms with Gasteiger partial charge in [0.25, 0.3) is 0 Å². The molecule has 0 fully saturated rings. The van der Waals surface area contributed by atoms with Gasteiger partial charge < -0.3 is 5.32 Å². The number of rotatable bonds is 5. The Bertz CT molecular complexity index is 885. The lowest BCUT2D eigenvalue weighted by atomic mass is 10.0. The lowest BCUT2D eigenvalue weighted by Gasteiger charge is -2.16. The first kappa shape index (κ1) is 17.4. The summed E-state index contributed by atoms with van der Waals surface area (Å²) < 4.78 is 0. The van der Waals surface area contributed by atoms with Gasteiger partial charge in [-0.2, -0.15) is 0 Å². The van der Waals surface area contributed by atoms with Crippen molar-refractivity contribution in [3.63, 3.8) is 0 Å². The van der Waals surface area contributed by atoms with Gasteiger partial charge in [0.05, 0.1) is 18.2 Å². The van der Waals surface area contributed by atoms with E-state index >= 15 is 0 Å². The molecule has 0 radical (unpaired) electrons. The third-order valence-corrected chi connectivity index (χ3v) is 5.13. The van der Waals surface area contributed by atoms with Crippen LogP contribution in [0.4, 0.5) is 0 Å². The van der Waals surface area contributed by atoms with Crippen LogP contribution in [0.15, 0.2) is 53.9 Å². The van der Waals surface area contributed by atoms with Crippen molar-refractivity contribution in [1.29, 1.82) is 0 Å². The zero-order valence-electron chi connectivity index (χ0n) is 14.7. The fourth-order valence-electron chi connectivity index (χ4n) is 2.91. The van der Waals surface area contributed by atoms with Gasteiger partial charge in [-0.25, -0.2) is 4.98 Å². The highest BCUT2D eigenvalue weighted by Gasteiger charge is 2.13. The molecule has 1 N–H and O–H groups in total. The number of hydrogen-bond donors (Lipinski definition) is 1. The molecule has 25 heavy (non-hydrogen) atoms. The van der Waals surface area contributed by atoms with Gasteiger partial charge in [-0.05, 0) is 38.0 Å². The number of amides is 1. The van der Waals surface area contributed by atoms with E-state index in [1.54, 1.807) is 11.3 Å². The van der Waals surface area contributed by atoms with E-state index in [2.05, 4.69) is 54.5 Å². The fraction of sp³-hybridized carbons (Fsp3) is 0.238. The first-order valence-corrected chi connectivity index (χ1v) is 9.27. The maximum absolute atomic E-state index is 12.4. The van der Waals surface area contributed by atoms with Crippen LogP contribution in [0.2, 0.25) is 0 Å². The maximum Gasteiger partial charge on any atom is 0.226 e. The molecule has 0 aliphatic rings. The molecule has 3 rings (SSSR count). The number of hydrogen-bond acceptors (Lipinski definition) is 3. The number of carbonyl (C=O) groups is 1. The molecule has 1 aromatic heterocycles. The van der Waals surface area contributed by atoms with E-state index in [-0.39, 0.29) is 11.9 Å². The van der Waals surface area contributed by atoms with Crippen molar-refractivity contribution in [2.75, 3.05) is 0 Å². The summed E-state index contributed by atoms with van der Waals surface area (Å²) in [5.74, 6) is -0.00292. The highest BCUT2D eigenvalue weighted by atomic mass is 32.1. The van der Waals surface area contributed by atoms with Gasteiger partial charge in [0.1, 0.15) is 5.01 Å². The van der Waals surface area contributed by atoms with Crippen LogP contribution in [0.25, 0.3) is 10.6 Å². The highest BCUT2D eigenvalue weighted by molar-refractivity contribution is 7.13. The Kier molecular flexibility index (Phi) is 5.29. The molecular formula is C21H22N2OS. The topological polar surface area (TPSA) is 42.0 Å². The van der Waals surface area contributed by atoms with Gasteiger partial charge in [0.2, 0.25) is 5.91 Å². The molecule has 3 nitrogen and oxygen atoms in total. The fourth-order valence-corrected chi connectivity index (χ4v) is 3.72. The van der Waals surface area contributed by atoms with Crippen molar-refractivity contribution in [3.8, 4) is 10.6 Å². The minimum atomic E-state index is -0.0106. The molecule has 1 heterocycles. The molecule has 0 spiro atoms. The predicted molar refractivity (Wildman–Crippen MR) is 104 cm³/mol. The Balaban J connectivity index is 1.65. The van der Waals surface area contributed by atoms with Crippen molar-refractivity contribution in [2.24, 2.45) is 0 Å². The van der Waals surface area contributed by atoms with Crippen LogP contribution in [0.5, 0.6) is 0 Å². The van der Waals surface area contributed by atoms with Crippen LogP contribution < -0.4 is 5.32 Å². The van der Waals surface area contributed by atoms with Crippen molar-refractivity contribution in [2.45, 2.75) is 33.2 Å². The van der Waals surface area contributed by atoms with Crippen molar-refractivity contribution >= 4 is 17.2 Å². The molecule has 0 aliphatic carbocycles. The summed E-state index contributed by atoms with van der Waals surface area (Å²) in [5.41, 5.74) is 5.46. The quantitative estimate of drug-likeness (QED) is 0.715. The monoisotopic (exact) mass is 350 g/mol. The van der Waals surface area contributed by atoms with Crippen molar-refractivity contribution in [3.05, 3.63) is 76.3 Å². The number of aryl methyl sites for hydroxylation is 2. The van der Waals surface area contributed by atoms with E-state index in [1.807, 2.05) is 30.5 Å². The standard InChI is InChI=1S/C21H22N2OS/c1-14-7-6-9-17(11-14)21-23-18(13-25-21)12-20(24)22-16(3)19-10-5-4-8-15(19)2/h4-11,13,16H,12H2,1-3H3,(H,22,24). The number of benzene rings is 2. The normalized spacial score (nSPS) is 12.0. The summed E-state index contributed by atoms with van der Waals surface area (Å²) in [5, 5.41) is 5.99. The predicted octanol–water partition coefficient (Wildman–Crippen LogP) is 4.85. The molecule has 1 amide bonds. The summed E-state index contributed by atoms with van der Waals surface area (Å²) >= 11 is 1.58. The van der Waals surface area contributed by atoms with Gasteiger partial charge in [0, 0.05) is 10.9 Å². The van der Waals surface area contributed by atoms with Gasteiger partial charge in [-0.1, -0.05) is 48.0 Å². The first-order valence-electron chi connectivity index (χ1n) is 8.39. The molecule has 0 saturated heterocycles. The maximum atomic E-state index is 12.4. The molecule has 1 atom stereocenters. The zero-order valence-corrected chi connectivity index (χ0v) is 15.6. The van der Waals surface area contributed by atoms with Crippen LogP contribution in [0.1, 0.15) is 35.3 Å². The van der Waals surface area contributed by atoms with Crippen LogP contribution in [0, 0.1) is 13.8 Å². The number of carbonyl (C=O) groups excluding carboxylic acids is 1. The van der Waals surface area contributed by atoms with Crippen LogP contribution in [-0.2, 0) is 11.2 Å². The smallest absolute Gasteiger partial charge is 0.226 e. The first-order chi connectivity index (χ1) is 12.0. The van der Waals surface area contributed by atoms with Crippen LogP contribution in [-0.4, -0.2) is 10.9 Å². The van der Waals surface area contributed by atoms with Crippen molar-refractivity contribution < 1.29 is 4.79 Å². The largest absolute Gasteiger partial charge is 0.349 e. The third kappa shape index (κ3) is 4.34. The second-order valence-corrected chi connectivity index (χ2v) is 7.19. The summed E-state index contributed by atoms with van der Waals surface area (Å²) in [6.07, 6.45) is 0.304. The van der Waals surface area contributed by atoms with E-state index in [1.165, 1.54) is 11.1 Å². The average Bonchev–Trinajstić information content (AvgIpc) is 3.03.